The molecule has 0 unspecified atom stereocenters. The van der Waals surface area contributed by atoms with Crippen LogP contribution in [0.25, 0.3) is 17.0 Å². The molecule has 0 aliphatic rings. The number of aromatic nitrogens is 1. The quantitative estimate of drug-likeness (QED) is 0.398. The number of nitriles is 1. The smallest absolute Gasteiger partial charge is 0.325 e. The number of carbonyl (C=O) groups is 2. The Kier molecular flexibility index (Phi) is 6.10. The maximum Gasteiger partial charge on any atom is 0.325 e. The fraction of sp³-hybridized carbons (Fsp3) is 0.174. The van der Waals surface area contributed by atoms with Crippen LogP contribution in [-0.2, 0) is 20.9 Å². The van der Waals surface area contributed by atoms with Crippen molar-refractivity contribution in [3.05, 3.63) is 77.5 Å². The lowest BCUT2D eigenvalue weighted by Crippen LogP contribution is -2.27. The molecule has 0 aliphatic carbocycles. The summed E-state index contributed by atoms with van der Waals surface area (Å²) in [6.07, 6.45) is 3.29. The predicted octanol–water partition coefficient (Wildman–Crippen LogP) is 3.60. The van der Waals surface area contributed by atoms with E-state index in [1.54, 1.807) is 16.8 Å². The number of hydrogen-bond acceptors (Lipinski definition) is 4. The van der Waals surface area contributed by atoms with E-state index < -0.39 is 5.91 Å². The Hall–Kier alpha value is -3.85. The van der Waals surface area contributed by atoms with Crippen molar-refractivity contribution in [3.63, 3.8) is 0 Å². The van der Waals surface area contributed by atoms with Crippen molar-refractivity contribution in [2.24, 2.45) is 0 Å². The van der Waals surface area contributed by atoms with E-state index in [9.17, 15) is 14.9 Å². The minimum atomic E-state index is -0.450. The zero-order valence-electron chi connectivity index (χ0n) is 16.3. The second-order valence-electron chi connectivity index (χ2n) is 6.58. The Morgan fingerprint density at radius 3 is 2.55 bits per heavy atom. The van der Waals surface area contributed by atoms with Crippen molar-refractivity contribution in [2.75, 3.05) is 7.11 Å². The van der Waals surface area contributed by atoms with Gasteiger partial charge in [0.15, 0.2) is 0 Å². The van der Waals surface area contributed by atoms with Crippen molar-refractivity contribution >= 4 is 28.9 Å². The Labute approximate surface area is 169 Å². The van der Waals surface area contributed by atoms with Crippen LogP contribution in [0.5, 0.6) is 0 Å². The van der Waals surface area contributed by atoms with Gasteiger partial charge in [0.05, 0.1) is 13.2 Å². The molecule has 1 atom stereocenters. The van der Waals surface area contributed by atoms with Crippen LogP contribution in [0, 0.1) is 11.3 Å². The molecular weight excluding hydrogens is 366 g/mol. The van der Waals surface area contributed by atoms with Crippen LogP contribution in [0.2, 0.25) is 0 Å². The van der Waals surface area contributed by atoms with Gasteiger partial charge in [-0.25, -0.2) is 0 Å². The first-order valence-corrected chi connectivity index (χ1v) is 9.15. The first-order valence-electron chi connectivity index (χ1n) is 9.15. The molecule has 0 spiro atoms. The first kappa shape index (κ1) is 19.9. The molecule has 3 aromatic rings. The molecule has 0 fully saturated rings. The molecule has 0 bridgehead atoms. The Morgan fingerprint density at radius 1 is 1.17 bits per heavy atom. The lowest BCUT2D eigenvalue weighted by molar-refractivity contribution is -0.141. The Bertz CT molecular complexity index is 1110. The summed E-state index contributed by atoms with van der Waals surface area (Å²) in [5.41, 5.74) is 2.45. The highest BCUT2D eigenvalue weighted by Crippen LogP contribution is 2.24. The van der Waals surface area contributed by atoms with Crippen molar-refractivity contribution in [1.29, 1.82) is 5.26 Å². The van der Waals surface area contributed by atoms with Gasteiger partial charge in [-0.15, -0.1) is 0 Å². The molecular formula is C23H21N3O3. The molecule has 0 saturated heterocycles. The highest BCUT2D eigenvalue weighted by molar-refractivity contribution is 6.04. The third-order valence-electron chi connectivity index (χ3n) is 4.66. The molecule has 29 heavy (non-hydrogen) atoms. The number of fused-ring (bicyclic) bond motifs is 1. The van der Waals surface area contributed by atoms with E-state index in [1.165, 1.54) is 7.11 Å². The normalized spacial score (nSPS) is 12.2. The van der Waals surface area contributed by atoms with Gasteiger partial charge in [-0.3, -0.25) is 9.59 Å². The highest BCUT2D eigenvalue weighted by Gasteiger charge is 2.16. The number of hydrogen-bond donors (Lipinski definition) is 1. The molecule has 1 N–H and O–H groups in total. The predicted molar refractivity (Wildman–Crippen MR) is 111 cm³/mol. The fourth-order valence-electron chi connectivity index (χ4n) is 3.13. The zero-order chi connectivity index (χ0) is 20.8. The number of rotatable bonds is 6. The van der Waals surface area contributed by atoms with Gasteiger partial charge >= 0.3 is 5.97 Å². The summed E-state index contributed by atoms with van der Waals surface area (Å²) >= 11 is 0. The van der Waals surface area contributed by atoms with Crippen molar-refractivity contribution < 1.29 is 14.3 Å². The van der Waals surface area contributed by atoms with Gasteiger partial charge in [0, 0.05) is 22.7 Å². The summed E-state index contributed by atoms with van der Waals surface area (Å²) < 4.78 is 6.49. The average molecular weight is 387 g/mol. The molecule has 1 amide bonds. The topological polar surface area (TPSA) is 84.1 Å². The van der Waals surface area contributed by atoms with Crippen molar-refractivity contribution in [2.45, 2.75) is 19.5 Å². The number of esters is 1. The number of ether oxygens (including phenoxy) is 1. The van der Waals surface area contributed by atoms with Gasteiger partial charge in [0.2, 0.25) is 0 Å². The van der Waals surface area contributed by atoms with E-state index in [2.05, 4.69) is 5.32 Å². The number of para-hydroxylation sites is 1. The van der Waals surface area contributed by atoms with Crippen LogP contribution in [0.3, 0.4) is 0 Å². The maximum atomic E-state index is 12.6. The highest BCUT2D eigenvalue weighted by atomic mass is 16.5. The van der Waals surface area contributed by atoms with Gasteiger partial charge < -0.3 is 14.6 Å². The number of nitrogens with zero attached hydrogens (tertiary/aromatic N) is 2. The van der Waals surface area contributed by atoms with Crippen LogP contribution < -0.4 is 5.32 Å². The zero-order valence-corrected chi connectivity index (χ0v) is 16.3. The van der Waals surface area contributed by atoms with Gasteiger partial charge in [-0.2, -0.15) is 5.26 Å². The second-order valence-corrected chi connectivity index (χ2v) is 6.58. The van der Waals surface area contributed by atoms with Gasteiger partial charge in [-0.05, 0) is 24.6 Å². The number of amides is 1. The molecule has 1 aromatic heterocycles. The van der Waals surface area contributed by atoms with Crippen LogP contribution in [0.15, 0.2) is 66.4 Å². The average Bonchev–Trinajstić information content (AvgIpc) is 3.09. The number of benzene rings is 2. The van der Waals surface area contributed by atoms with Crippen LogP contribution in [0.1, 0.15) is 24.1 Å². The summed E-state index contributed by atoms with van der Waals surface area (Å²) in [7, 11) is 1.33. The molecule has 1 heterocycles. The van der Waals surface area contributed by atoms with Crippen LogP contribution >= 0.6 is 0 Å². The largest absolute Gasteiger partial charge is 0.468 e. The molecule has 0 saturated carbocycles. The maximum absolute atomic E-state index is 12.6. The molecule has 2 aromatic carbocycles. The lowest BCUT2D eigenvalue weighted by atomic mass is 10.1. The van der Waals surface area contributed by atoms with Crippen LogP contribution in [0.4, 0.5) is 0 Å². The minimum Gasteiger partial charge on any atom is -0.468 e. The number of carbonyl (C=O) groups excluding carboxylic acids is 2. The van der Waals surface area contributed by atoms with Gasteiger partial charge in [0.1, 0.15) is 18.2 Å². The third kappa shape index (κ3) is 4.53. The summed E-state index contributed by atoms with van der Waals surface area (Å²) in [6.45, 7) is 1.91. The first-order chi connectivity index (χ1) is 14.0. The molecule has 3 rings (SSSR count). The van der Waals surface area contributed by atoms with Gasteiger partial charge in [-0.1, -0.05) is 48.5 Å². The summed E-state index contributed by atoms with van der Waals surface area (Å²) in [6, 6.07) is 18.8. The summed E-state index contributed by atoms with van der Waals surface area (Å²) in [5.74, 6) is -0.829. The molecule has 6 heteroatoms. The second kappa shape index (κ2) is 8.89. The summed E-state index contributed by atoms with van der Waals surface area (Å²) in [4.78, 5) is 24.3. The van der Waals surface area contributed by atoms with E-state index in [4.69, 9.17) is 4.74 Å². The fourth-order valence-corrected chi connectivity index (χ4v) is 3.13. The third-order valence-corrected chi connectivity index (χ3v) is 4.66. The van der Waals surface area contributed by atoms with E-state index in [-0.39, 0.29) is 24.1 Å². The monoisotopic (exact) mass is 387 g/mol. The Balaban J connectivity index is 1.91. The Morgan fingerprint density at radius 2 is 1.86 bits per heavy atom. The molecule has 0 aliphatic heterocycles. The molecule has 0 radical (unpaired) electrons. The number of methoxy groups -OCH3 is 1. The summed E-state index contributed by atoms with van der Waals surface area (Å²) in [5, 5.41) is 13.2. The van der Waals surface area contributed by atoms with Crippen molar-refractivity contribution in [3.8, 4) is 6.07 Å². The van der Waals surface area contributed by atoms with E-state index in [1.807, 2.05) is 67.6 Å². The minimum absolute atomic E-state index is 0.00578. The number of nitrogens with one attached hydrogen (secondary N) is 1. The molecule has 6 nitrogen and oxygen atoms in total. The molecule has 146 valence electrons. The van der Waals surface area contributed by atoms with Crippen molar-refractivity contribution in [1.82, 2.24) is 9.88 Å². The van der Waals surface area contributed by atoms with Crippen LogP contribution in [-0.4, -0.2) is 23.6 Å². The van der Waals surface area contributed by atoms with E-state index in [0.29, 0.717) is 5.56 Å². The van der Waals surface area contributed by atoms with E-state index >= 15 is 0 Å². The standard InChI is InChI=1S/C23H21N3O3/c1-16(17-8-4-3-5-9-17)25-23(28)18(13-24)12-19-14-26(15-22(27)29-2)21-11-7-6-10-20(19)21/h3-12,14,16H,15H2,1-2H3,(H,25,28)/b18-12-/t16-/m0/s1. The van der Waals surface area contributed by atoms with E-state index in [0.717, 1.165) is 16.5 Å². The van der Waals surface area contributed by atoms with Gasteiger partial charge in [0.25, 0.3) is 5.91 Å². The lowest BCUT2D eigenvalue weighted by Gasteiger charge is -2.13. The SMILES string of the molecule is COC(=O)Cn1cc(/C=C(/C#N)C(=O)N[C@@H](C)c2ccccc2)c2ccccc21.